The molecule has 0 saturated carbocycles. The van der Waals surface area contributed by atoms with Crippen LogP contribution >= 0.6 is 0 Å². The Labute approximate surface area is 134 Å². The number of ether oxygens (including phenoxy) is 1. The summed E-state index contributed by atoms with van der Waals surface area (Å²) >= 11 is 0. The van der Waals surface area contributed by atoms with Crippen LogP contribution < -0.4 is 10.1 Å². The number of aliphatic hydroxyl groups excluding tert-OH is 1. The molecule has 2 N–H and O–H groups in total. The zero-order valence-electron chi connectivity index (χ0n) is 12.9. The summed E-state index contributed by atoms with van der Waals surface area (Å²) in [4.78, 5) is 10.1. The summed E-state index contributed by atoms with van der Waals surface area (Å²) in [5.74, 6) is 0.491. The highest BCUT2D eigenvalue weighted by atomic mass is 16.6. The first-order chi connectivity index (χ1) is 11.1. The van der Waals surface area contributed by atoms with Gasteiger partial charge in [0.05, 0.1) is 4.92 Å². The number of nitro groups is 1. The fraction of sp³-hybridized carbons (Fsp3) is 0.294. The molecular formula is C17H20N2O4. The lowest BCUT2D eigenvalue weighted by molar-refractivity contribution is -0.384. The third-order valence-corrected chi connectivity index (χ3v) is 3.45. The van der Waals surface area contributed by atoms with Crippen LogP contribution in [-0.4, -0.2) is 29.3 Å². The van der Waals surface area contributed by atoms with Crippen LogP contribution in [0.1, 0.15) is 18.5 Å². The lowest BCUT2D eigenvalue weighted by atomic mass is 10.1. The predicted octanol–water partition coefficient (Wildman–Crippen LogP) is 2.69. The van der Waals surface area contributed by atoms with Gasteiger partial charge in [-0.25, -0.2) is 0 Å². The lowest BCUT2D eigenvalue weighted by Gasteiger charge is -2.18. The second-order valence-corrected chi connectivity index (χ2v) is 5.26. The van der Waals surface area contributed by atoms with Crippen LogP contribution in [0.2, 0.25) is 0 Å². The van der Waals surface area contributed by atoms with Crippen molar-refractivity contribution in [2.45, 2.75) is 19.1 Å². The van der Waals surface area contributed by atoms with E-state index < -0.39 is 11.0 Å². The molecule has 0 saturated heterocycles. The average Bonchev–Trinajstić information content (AvgIpc) is 2.59. The van der Waals surface area contributed by atoms with Crippen molar-refractivity contribution in [2.24, 2.45) is 0 Å². The highest BCUT2D eigenvalue weighted by Crippen LogP contribution is 2.17. The summed E-state index contributed by atoms with van der Waals surface area (Å²) in [6.45, 7) is 2.54. The number of hydrogen-bond donors (Lipinski definition) is 2. The predicted molar refractivity (Wildman–Crippen MR) is 87.5 cm³/mol. The van der Waals surface area contributed by atoms with Crippen LogP contribution in [0.25, 0.3) is 0 Å². The molecule has 0 aliphatic carbocycles. The van der Waals surface area contributed by atoms with E-state index in [0.717, 1.165) is 5.56 Å². The summed E-state index contributed by atoms with van der Waals surface area (Å²) in [7, 11) is 0. The maximum Gasteiger partial charge on any atom is 0.269 e. The molecule has 0 heterocycles. The van der Waals surface area contributed by atoms with Gasteiger partial charge in [-0.1, -0.05) is 30.3 Å². The molecule has 6 nitrogen and oxygen atoms in total. The van der Waals surface area contributed by atoms with Crippen molar-refractivity contribution >= 4 is 5.69 Å². The molecule has 2 rings (SSSR count). The fourth-order valence-corrected chi connectivity index (χ4v) is 2.09. The van der Waals surface area contributed by atoms with E-state index in [1.807, 2.05) is 37.3 Å². The number of aliphatic hydroxyl groups is 1. The number of nitrogens with one attached hydrogen (secondary N) is 1. The fourth-order valence-electron chi connectivity index (χ4n) is 2.09. The van der Waals surface area contributed by atoms with Gasteiger partial charge in [-0.05, 0) is 24.6 Å². The second kappa shape index (κ2) is 8.26. The zero-order chi connectivity index (χ0) is 16.7. The first-order valence-corrected chi connectivity index (χ1v) is 7.40. The van der Waals surface area contributed by atoms with Crippen LogP contribution in [0.5, 0.6) is 5.75 Å². The summed E-state index contributed by atoms with van der Waals surface area (Å²) in [5.41, 5.74) is 1.16. The largest absolute Gasteiger partial charge is 0.491 e. The molecular weight excluding hydrogens is 296 g/mol. The first kappa shape index (κ1) is 16.9. The maximum absolute atomic E-state index is 10.6. The van der Waals surface area contributed by atoms with Gasteiger partial charge in [0.15, 0.2) is 0 Å². The molecule has 0 fully saturated rings. The minimum absolute atomic E-state index is 0.0104. The molecule has 0 unspecified atom stereocenters. The standard InChI is InChI=1S/C17H20N2O4/c1-13(14-5-3-2-4-6-14)18-11-16(20)12-23-17-9-7-15(8-10-17)19(21)22/h2-10,13,16,18,20H,11-12H2,1H3/t13-,16+/m0/s1. The molecule has 0 amide bonds. The topological polar surface area (TPSA) is 84.6 Å². The Morgan fingerprint density at radius 3 is 2.43 bits per heavy atom. The SMILES string of the molecule is C[C@H](NC[C@@H](O)COc1ccc([N+](=O)[O-])cc1)c1ccccc1. The molecule has 2 atom stereocenters. The molecule has 0 spiro atoms. The number of hydrogen-bond acceptors (Lipinski definition) is 5. The molecule has 2 aromatic rings. The highest BCUT2D eigenvalue weighted by Gasteiger charge is 2.10. The smallest absolute Gasteiger partial charge is 0.269 e. The molecule has 122 valence electrons. The number of nitrogens with zero attached hydrogens (tertiary/aromatic N) is 1. The van der Waals surface area contributed by atoms with Gasteiger partial charge >= 0.3 is 0 Å². The molecule has 0 bridgehead atoms. The van der Waals surface area contributed by atoms with Crippen LogP contribution in [0, 0.1) is 10.1 Å². The van der Waals surface area contributed by atoms with E-state index in [-0.39, 0.29) is 18.3 Å². The van der Waals surface area contributed by atoms with Crippen molar-refractivity contribution in [3.8, 4) is 5.75 Å². The Morgan fingerprint density at radius 2 is 1.83 bits per heavy atom. The molecule has 0 aromatic heterocycles. The quantitative estimate of drug-likeness (QED) is 0.578. The van der Waals surface area contributed by atoms with E-state index in [1.165, 1.54) is 24.3 Å². The Balaban J connectivity index is 1.74. The van der Waals surface area contributed by atoms with Crippen LogP contribution in [0.15, 0.2) is 54.6 Å². The first-order valence-electron chi connectivity index (χ1n) is 7.40. The molecule has 0 aliphatic heterocycles. The zero-order valence-corrected chi connectivity index (χ0v) is 12.9. The Hall–Kier alpha value is -2.44. The Morgan fingerprint density at radius 1 is 1.17 bits per heavy atom. The van der Waals surface area contributed by atoms with Gasteiger partial charge in [-0.2, -0.15) is 0 Å². The van der Waals surface area contributed by atoms with Crippen molar-refractivity contribution in [2.75, 3.05) is 13.2 Å². The van der Waals surface area contributed by atoms with E-state index >= 15 is 0 Å². The van der Waals surface area contributed by atoms with Crippen molar-refractivity contribution < 1.29 is 14.8 Å². The minimum atomic E-state index is -0.670. The lowest BCUT2D eigenvalue weighted by Crippen LogP contribution is -2.33. The molecule has 0 aliphatic rings. The summed E-state index contributed by atoms with van der Waals surface area (Å²) in [6.07, 6.45) is -0.670. The Bertz CT molecular complexity index is 616. The monoisotopic (exact) mass is 316 g/mol. The Kier molecular flexibility index (Phi) is 6.08. The second-order valence-electron chi connectivity index (χ2n) is 5.26. The van der Waals surface area contributed by atoms with E-state index in [0.29, 0.717) is 12.3 Å². The minimum Gasteiger partial charge on any atom is -0.491 e. The van der Waals surface area contributed by atoms with Crippen molar-refractivity contribution in [1.82, 2.24) is 5.32 Å². The van der Waals surface area contributed by atoms with Gasteiger partial charge < -0.3 is 15.2 Å². The summed E-state index contributed by atoms with van der Waals surface area (Å²) < 4.78 is 5.43. The molecule has 6 heteroatoms. The maximum atomic E-state index is 10.6. The van der Waals surface area contributed by atoms with E-state index in [2.05, 4.69) is 5.32 Å². The van der Waals surface area contributed by atoms with Crippen molar-refractivity contribution in [3.05, 3.63) is 70.3 Å². The number of non-ortho nitro benzene ring substituents is 1. The van der Waals surface area contributed by atoms with Crippen molar-refractivity contribution in [1.29, 1.82) is 0 Å². The number of rotatable bonds is 8. The van der Waals surface area contributed by atoms with Gasteiger partial charge in [-0.3, -0.25) is 10.1 Å². The molecule has 0 radical (unpaired) electrons. The number of benzene rings is 2. The van der Waals surface area contributed by atoms with E-state index in [9.17, 15) is 15.2 Å². The number of nitro benzene ring substituents is 1. The summed E-state index contributed by atoms with van der Waals surface area (Å²) in [5, 5.41) is 23.8. The van der Waals surface area contributed by atoms with Gasteiger partial charge in [0.1, 0.15) is 18.5 Å². The van der Waals surface area contributed by atoms with Gasteiger partial charge in [-0.15, -0.1) is 0 Å². The van der Waals surface area contributed by atoms with E-state index in [4.69, 9.17) is 4.74 Å². The third-order valence-electron chi connectivity index (χ3n) is 3.45. The normalized spacial score (nSPS) is 13.3. The third kappa shape index (κ3) is 5.36. The molecule has 2 aromatic carbocycles. The summed E-state index contributed by atoms with van der Waals surface area (Å²) in [6, 6.07) is 15.9. The van der Waals surface area contributed by atoms with Crippen LogP contribution in [-0.2, 0) is 0 Å². The van der Waals surface area contributed by atoms with E-state index in [1.54, 1.807) is 0 Å². The van der Waals surface area contributed by atoms with Crippen LogP contribution in [0.3, 0.4) is 0 Å². The average molecular weight is 316 g/mol. The van der Waals surface area contributed by atoms with Gasteiger partial charge in [0, 0.05) is 24.7 Å². The van der Waals surface area contributed by atoms with Gasteiger partial charge in [0.25, 0.3) is 5.69 Å². The van der Waals surface area contributed by atoms with Crippen molar-refractivity contribution in [3.63, 3.8) is 0 Å². The van der Waals surface area contributed by atoms with Crippen LogP contribution in [0.4, 0.5) is 5.69 Å². The molecule has 23 heavy (non-hydrogen) atoms. The van der Waals surface area contributed by atoms with Gasteiger partial charge in [0.2, 0.25) is 0 Å². The highest BCUT2D eigenvalue weighted by molar-refractivity contribution is 5.35.